The molecule has 0 bridgehead atoms. The molecule has 1 aromatic rings. The quantitative estimate of drug-likeness (QED) is 0.812. The number of carbonyl (C=O) groups is 1. The maximum atomic E-state index is 13.2. The Kier molecular flexibility index (Phi) is 4.99. The smallest absolute Gasteiger partial charge is 0.223 e. The first-order valence-electron chi connectivity index (χ1n) is 7.69. The Hall–Kier alpha value is -1.42. The largest absolute Gasteiger partial charge is 0.396 e. The van der Waals surface area contributed by atoms with E-state index < -0.39 is 0 Å². The van der Waals surface area contributed by atoms with Crippen LogP contribution in [-0.2, 0) is 4.79 Å². The monoisotopic (exact) mass is 293 g/mol. The van der Waals surface area contributed by atoms with E-state index in [0.29, 0.717) is 6.54 Å². The van der Waals surface area contributed by atoms with E-state index in [4.69, 9.17) is 0 Å². The topological polar surface area (TPSA) is 49.3 Å². The van der Waals surface area contributed by atoms with Gasteiger partial charge in [-0.15, -0.1) is 0 Å². The van der Waals surface area contributed by atoms with Crippen molar-refractivity contribution in [2.24, 2.45) is 11.3 Å². The molecule has 1 saturated carbocycles. The number of halogens is 1. The average molecular weight is 293 g/mol. The van der Waals surface area contributed by atoms with Gasteiger partial charge < -0.3 is 10.4 Å². The third-order valence-electron chi connectivity index (χ3n) is 4.88. The van der Waals surface area contributed by atoms with Gasteiger partial charge in [-0.25, -0.2) is 4.39 Å². The summed E-state index contributed by atoms with van der Waals surface area (Å²) >= 11 is 0. The number of benzene rings is 1. The van der Waals surface area contributed by atoms with Crippen LogP contribution in [-0.4, -0.2) is 24.2 Å². The number of aliphatic hydroxyl groups excluding tert-OH is 1. The summed E-state index contributed by atoms with van der Waals surface area (Å²) in [5.41, 5.74) is 0.674. The van der Waals surface area contributed by atoms with Crippen LogP contribution in [0.4, 0.5) is 4.39 Å². The van der Waals surface area contributed by atoms with Crippen molar-refractivity contribution in [3.63, 3.8) is 0 Å². The van der Waals surface area contributed by atoms with Crippen molar-refractivity contribution in [2.45, 2.75) is 39.0 Å². The van der Waals surface area contributed by atoms with E-state index >= 15 is 0 Å². The second-order valence-electron chi connectivity index (χ2n) is 6.09. The second kappa shape index (κ2) is 6.56. The first-order valence-corrected chi connectivity index (χ1v) is 7.69. The summed E-state index contributed by atoms with van der Waals surface area (Å²) in [6.07, 6.45) is 2.44. The van der Waals surface area contributed by atoms with E-state index in [2.05, 4.69) is 5.32 Å². The van der Waals surface area contributed by atoms with Crippen LogP contribution in [0.25, 0.3) is 0 Å². The first kappa shape index (κ1) is 16.0. The Labute approximate surface area is 125 Å². The molecular formula is C17H24FNO2. The van der Waals surface area contributed by atoms with Crippen molar-refractivity contribution < 1.29 is 14.3 Å². The van der Waals surface area contributed by atoms with E-state index in [1.165, 1.54) is 12.1 Å². The van der Waals surface area contributed by atoms with Crippen LogP contribution in [0, 0.1) is 17.2 Å². The first-order chi connectivity index (χ1) is 10.0. The van der Waals surface area contributed by atoms with Crippen molar-refractivity contribution in [3.8, 4) is 0 Å². The molecular weight excluding hydrogens is 269 g/mol. The molecule has 1 aliphatic carbocycles. The highest BCUT2D eigenvalue weighted by atomic mass is 19.1. The molecule has 0 spiro atoms. The standard InChI is InChI=1S/C17H24FNO2/c1-3-17(4-2,11-20)10-19-16(21)15-9-14(15)12-6-5-7-13(18)8-12/h5-8,14-15,20H,3-4,9-11H2,1-2H3,(H,19,21). The third kappa shape index (κ3) is 3.62. The lowest BCUT2D eigenvalue weighted by Gasteiger charge is -2.29. The summed E-state index contributed by atoms with van der Waals surface area (Å²) in [5, 5.41) is 12.5. The number of amides is 1. The van der Waals surface area contributed by atoms with Crippen molar-refractivity contribution >= 4 is 5.91 Å². The molecule has 1 amide bonds. The SMILES string of the molecule is CCC(CC)(CO)CNC(=O)C1CC1c1cccc(F)c1. The van der Waals surface area contributed by atoms with Gasteiger partial charge in [0.2, 0.25) is 5.91 Å². The van der Waals surface area contributed by atoms with Crippen LogP contribution in [0.3, 0.4) is 0 Å². The Morgan fingerprint density at radius 3 is 2.71 bits per heavy atom. The van der Waals surface area contributed by atoms with Crippen molar-refractivity contribution in [1.82, 2.24) is 5.32 Å². The maximum Gasteiger partial charge on any atom is 0.223 e. The lowest BCUT2D eigenvalue weighted by Crippen LogP contribution is -2.40. The third-order valence-corrected chi connectivity index (χ3v) is 4.88. The minimum Gasteiger partial charge on any atom is -0.396 e. The van der Waals surface area contributed by atoms with Gasteiger partial charge in [-0.05, 0) is 42.9 Å². The number of nitrogens with one attached hydrogen (secondary N) is 1. The van der Waals surface area contributed by atoms with Gasteiger partial charge in [0, 0.05) is 17.9 Å². The van der Waals surface area contributed by atoms with Gasteiger partial charge >= 0.3 is 0 Å². The Morgan fingerprint density at radius 2 is 2.14 bits per heavy atom. The molecule has 1 aromatic carbocycles. The van der Waals surface area contributed by atoms with E-state index in [1.54, 1.807) is 6.07 Å². The summed E-state index contributed by atoms with van der Waals surface area (Å²) in [6.45, 7) is 4.64. The molecule has 1 aliphatic rings. The highest BCUT2D eigenvalue weighted by molar-refractivity contribution is 5.82. The zero-order valence-corrected chi connectivity index (χ0v) is 12.7. The minimum atomic E-state index is -0.255. The van der Waals surface area contributed by atoms with Crippen LogP contribution in [0.1, 0.15) is 44.6 Å². The highest BCUT2D eigenvalue weighted by Crippen LogP contribution is 2.47. The highest BCUT2D eigenvalue weighted by Gasteiger charge is 2.44. The van der Waals surface area contributed by atoms with E-state index in [-0.39, 0.29) is 35.6 Å². The molecule has 116 valence electrons. The number of hydrogen-bond acceptors (Lipinski definition) is 2. The Balaban J connectivity index is 1.89. The van der Waals surface area contributed by atoms with E-state index in [0.717, 1.165) is 24.8 Å². The molecule has 1 fully saturated rings. The lowest BCUT2D eigenvalue weighted by molar-refractivity contribution is -0.123. The molecule has 0 aliphatic heterocycles. The van der Waals surface area contributed by atoms with Gasteiger partial charge in [-0.2, -0.15) is 0 Å². The van der Waals surface area contributed by atoms with Crippen LogP contribution < -0.4 is 5.32 Å². The summed E-state index contributed by atoms with van der Waals surface area (Å²) in [7, 11) is 0. The average Bonchev–Trinajstić information content (AvgIpc) is 3.29. The fourth-order valence-electron chi connectivity index (χ4n) is 2.78. The van der Waals surface area contributed by atoms with E-state index in [9.17, 15) is 14.3 Å². The van der Waals surface area contributed by atoms with Gasteiger partial charge in [0.15, 0.2) is 0 Å². The molecule has 2 unspecified atom stereocenters. The molecule has 0 heterocycles. The van der Waals surface area contributed by atoms with Crippen LogP contribution in [0.5, 0.6) is 0 Å². The predicted molar refractivity (Wildman–Crippen MR) is 80.4 cm³/mol. The van der Waals surface area contributed by atoms with Gasteiger partial charge in [0.05, 0.1) is 6.61 Å². The lowest BCUT2D eigenvalue weighted by atomic mass is 9.83. The van der Waals surface area contributed by atoms with Gasteiger partial charge in [0.25, 0.3) is 0 Å². The molecule has 3 nitrogen and oxygen atoms in total. The molecule has 21 heavy (non-hydrogen) atoms. The van der Waals surface area contributed by atoms with Crippen LogP contribution in [0.15, 0.2) is 24.3 Å². The number of rotatable bonds is 7. The summed E-state index contributed by atoms with van der Waals surface area (Å²) < 4.78 is 13.2. The maximum absolute atomic E-state index is 13.2. The minimum absolute atomic E-state index is 0.0176. The zero-order chi connectivity index (χ0) is 15.5. The number of hydrogen-bond donors (Lipinski definition) is 2. The molecule has 4 heteroatoms. The fraction of sp³-hybridized carbons (Fsp3) is 0.588. The molecule has 2 N–H and O–H groups in total. The predicted octanol–water partition coefficient (Wildman–Crippen LogP) is 2.84. The van der Waals surface area contributed by atoms with Crippen LogP contribution >= 0.6 is 0 Å². The van der Waals surface area contributed by atoms with E-state index in [1.807, 2.05) is 19.9 Å². The van der Waals surface area contributed by atoms with Gasteiger partial charge in [-0.1, -0.05) is 26.0 Å². The van der Waals surface area contributed by atoms with Crippen molar-refractivity contribution in [2.75, 3.05) is 13.2 Å². The van der Waals surface area contributed by atoms with Crippen molar-refractivity contribution in [3.05, 3.63) is 35.6 Å². The normalized spacial score (nSPS) is 21.1. The summed E-state index contributed by atoms with van der Waals surface area (Å²) in [6, 6.07) is 6.48. The Bertz CT molecular complexity index is 491. The molecule has 0 radical (unpaired) electrons. The van der Waals surface area contributed by atoms with Gasteiger partial charge in [0.1, 0.15) is 5.82 Å². The fourth-order valence-corrected chi connectivity index (χ4v) is 2.78. The number of aliphatic hydroxyl groups is 1. The molecule has 0 aromatic heterocycles. The Morgan fingerprint density at radius 1 is 1.43 bits per heavy atom. The van der Waals surface area contributed by atoms with Crippen molar-refractivity contribution in [1.29, 1.82) is 0 Å². The summed E-state index contributed by atoms with van der Waals surface area (Å²) in [4.78, 5) is 12.2. The summed E-state index contributed by atoms with van der Waals surface area (Å²) in [5.74, 6) is -0.164. The van der Waals surface area contributed by atoms with Gasteiger partial charge in [-0.3, -0.25) is 4.79 Å². The zero-order valence-electron chi connectivity index (χ0n) is 12.7. The molecule has 2 atom stereocenters. The molecule has 2 rings (SSSR count). The van der Waals surface area contributed by atoms with Crippen LogP contribution in [0.2, 0.25) is 0 Å². The number of carbonyl (C=O) groups excluding carboxylic acids is 1. The second-order valence-corrected chi connectivity index (χ2v) is 6.09. The molecule has 0 saturated heterocycles.